The Hall–Kier alpha value is -1.10. The van der Waals surface area contributed by atoms with Crippen LogP contribution in [0.15, 0.2) is 0 Å². The SMILES string of the molecule is CCNCC(C)C(=O)N1CCCC1C(=O)N(C)C. The molecule has 5 nitrogen and oxygen atoms in total. The molecule has 1 N–H and O–H groups in total. The van der Waals surface area contributed by atoms with Crippen molar-refractivity contribution < 1.29 is 9.59 Å². The van der Waals surface area contributed by atoms with Crippen molar-refractivity contribution >= 4 is 11.8 Å². The van der Waals surface area contributed by atoms with Crippen LogP contribution in [0, 0.1) is 5.92 Å². The third kappa shape index (κ3) is 3.45. The van der Waals surface area contributed by atoms with Crippen LogP contribution in [0.25, 0.3) is 0 Å². The van der Waals surface area contributed by atoms with E-state index in [0.29, 0.717) is 13.1 Å². The van der Waals surface area contributed by atoms with E-state index in [1.54, 1.807) is 23.9 Å². The van der Waals surface area contributed by atoms with Crippen LogP contribution >= 0.6 is 0 Å². The monoisotopic (exact) mass is 255 g/mol. The van der Waals surface area contributed by atoms with E-state index in [1.807, 2.05) is 13.8 Å². The summed E-state index contributed by atoms with van der Waals surface area (Å²) in [6, 6.07) is -0.253. The number of nitrogens with one attached hydrogen (secondary N) is 1. The number of likely N-dealkylation sites (N-methyl/N-ethyl adjacent to an activating group) is 1. The summed E-state index contributed by atoms with van der Waals surface area (Å²) in [5.74, 6) is 0.0608. The van der Waals surface area contributed by atoms with E-state index in [9.17, 15) is 9.59 Å². The third-order valence-corrected chi connectivity index (χ3v) is 3.38. The Bertz CT molecular complexity index is 305. The van der Waals surface area contributed by atoms with Gasteiger partial charge in [-0.2, -0.15) is 0 Å². The zero-order valence-electron chi connectivity index (χ0n) is 11.9. The van der Waals surface area contributed by atoms with E-state index in [4.69, 9.17) is 0 Å². The van der Waals surface area contributed by atoms with E-state index in [1.165, 1.54) is 0 Å². The van der Waals surface area contributed by atoms with Gasteiger partial charge in [0.2, 0.25) is 11.8 Å². The second-order valence-corrected chi connectivity index (χ2v) is 5.13. The minimum absolute atomic E-state index is 0.0384. The first-order valence-electron chi connectivity index (χ1n) is 6.71. The molecule has 0 aromatic carbocycles. The second-order valence-electron chi connectivity index (χ2n) is 5.13. The highest BCUT2D eigenvalue weighted by Gasteiger charge is 2.36. The van der Waals surface area contributed by atoms with E-state index in [-0.39, 0.29) is 23.8 Å². The molecule has 1 fully saturated rings. The zero-order chi connectivity index (χ0) is 13.7. The number of hydrogen-bond acceptors (Lipinski definition) is 3. The molecule has 1 aliphatic rings. The van der Waals surface area contributed by atoms with Crippen LogP contribution in [0.2, 0.25) is 0 Å². The minimum Gasteiger partial charge on any atom is -0.347 e. The molecule has 0 spiro atoms. The first-order valence-corrected chi connectivity index (χ1v) is 6.71. The van der Waals surface area contributed by atoms with Crippen molar-refractivity contribution in [2.24, 2.45) is 5.92 Å². The molecular formula is C13H25N3O2. The van der Waals surface area contributed by atoms with Crippen LogP contribution in [-0.4, -0.2) is 61.4 Å². The van der Waals surface area contributed by atoms with Gasteiger partial charge in [0, 0.05) is 33.1 Å². The van der Waals surface area contributed by atoms with Gasteiger partial charge in [0.1, 0.15) is 6.04 Å². The van der Waals surface area contributed by atoms with Crippen molar-refractivity contribution in [3.8, 4) is 0 Å². The number of likely N-dealkylation sites (tertiary alicyclic amines) is 1. The normalized spacial score (nSPS) is 20.9. The zero-order valence-corrected chi connectivity index (χ0v) is 11.9. The maximum absolute atomic E-state index is 12.3. The molecular weight excluding hydrogens is 230 g/mol. The predicted molar refractivity (Wildman–Crippen MR) is 71.1 cm³/mol. The van der Waals surface area contributed by atoms with Gasteiger partial charge in [-0.1, -0.05) is 13.8 Å². The summed E-state index contributed by atoms with van der Waals surface area (Å²) in [5, 5.41) is 3.18. The Labute approximate surface area is 110 Å². The van der Waals surface area contributed by atoms with E-state index >= 15 is 0 Å². The molecule has 1 aliphatic heterocycles. The Morgan fingerprint density at radius 2 is 2.11 bits per heavy atom. The van der Waals surface area contributed by atoms with Crippen molar-refractivity contribution in [1.82, 2.24) is 15.1 Å². The van der Waals surface area contributed by atoms with E-state index < -0.39 is 0 Å². The molecule has 1 rings (SSSR count). The van der Waals surface area contributed by atoms with E-state index in [2.05, 4.69) is 5.32 Å². The third-order valence-electron chi connectivity index (χ3n) is 3.38. The van der Waals surface area contributed by atoms with Gasteiger partial charge >= 0.3 is 0 Å². The molecule has 0 bridgehead atoms. The maximum atomic E-state index is 12.3. The minimum atomic E-state index is -0.253. The molecule has 104 valence electrons. The lowest BCUT2D eigenvalue weighted by atomic mass is 10.1. The van der Waals surface area contributed by atoms with Gasteiger partial charge in [-0.3, -0.25) is 9.59 Å². The molecule has 5 heteroatoms. The molecule has 0 aliphatic carbocycles. The number of carbonyl (C=O) groups is 2. The lowest BCUT2D eigenvalue weighted by Gasteiger charge is -2.28. The smallest absolute Gasteiger partial charge is 0.244 e. The van der Waals surface area contributed by atoms with Gasteiger partial charge < -0.3 is 15.1 Å². The molecule has 1 heterocycles. The van der Waals surface area contributed by atoms with Crippen molar-refractivity contribution in [3.05, 3.63) is 0 Å². The van der Waals surface area contributed by atoms with Crippen LogP contribution in [0.3, 0.4) is 0 Å². The molecule has 2 atom stereocenters. The van der Waals surface area contributed by atoms with Crippen molar-refractivity contribution in [2.75, 3.05) is 33.7 Å². The van der Waals surface area contributed by atoms with Gasteiger partial charge in [0.05, 0.1) is 0 Å². The summed E-state index contributed by atoms with van der Waals surface area (Å²) in [5.41, 5.74) is 0. The van der Waals surface area contributed by atoms with Crippen molar-refractivity contribution in [2.45, 2.75) is 32.7 Å². The first-order chi connectivity index (χ1) is 8.49. The van der Waals surface area contributed by atoms with Crippen LogP contribution < -0.4 is 5.32 Å². The number of hydrogen-bond donors (Lipinski definition) is 1. The molecule has 2 unspecified atom stereocenters. The Kier molecular flexibility index (Phi) is 5.59. The summed E-state index contributed by atoms with van der Waals surface area (Å²) >= 11 is 0. The topological polar surface area (TPSA) is 52.7 Å². The molecule has 0 aromatic heterocycles. The van der Waals surface area contributed by atoms with Crippen LogP contribution in [0.1, 0.15) is 26.7 Å². The van der Waals surface area contributed by atoms with E-state index in [0.717, 1.165) is 19.4 Å². The van der Waals surface area contributed by atoms with Crippen LogP contribution in [0.5, 0.6) is 0 Å². The predicted octanol–water partition coefficient (Wildman–Crippen LogP) is 0.311. The molecule has 0 aromatic rings. The molecule has 18 heavy (non-hydrogen) atoms. The molecule has 0 saturated carbocycles. The van der Waals surface area contributed by atoms with Crippen LogP contribution in [0.4, 0.5) is 0 Å². The number of carbonyl (C=O) groups excluding carboxylic acids is 2. The quantitative estimate of drug-likeness (QED) is 0.769. The second kappa shape index (κ2) is 6.73. The van der Waals surface area contributed by atoms with Crippen molar-refractivity contribution in [3.63, 3.8) is 0 Å². The molecule has 1 saturated heterocycles. The van der Waals surface area contributed by atoms with Gasteiger partial charge in [-0.05, 0) is 19.4 Å². The fraction of sp³-hybridized carbons (Fsp3) is 0.846. The van der Waals surface area contributed by atoms with Gasteiger partial charge in [0.25, 0.3) is 0 Å². The van der Waals surface area contributed by atoms with Gasteiger partial charge in [-0.25, -0.2) is 0 Å². The fourth-order valence-corrected chi connectivity index (χ4v) is 2.32. The lowest BCUT2D eigenvalue weighted by Crippen LogP contribution is -2.48. The Balaban J connectivity index is 2.63. The Morgan fingerprint density at radius 3 is 2.67 bits per heavy atom. The maximum Gasteiger partial charge on any atom is 0.244 e. The van der Waals surface area contributed by atoms with Crippen molar-refractivity contribution in [1.29, 1.82) is 0 Å². The summed E-state index contributed by atoms with van der Waals surface area (Å²) in [4.78, 5) is 27.6. The highest BCUT2D eigenvalue weighted by atomic mass is 16.2. The largest absolute Gasteiger partial charge is 0.347 e. The average Bonchev–Trinajstić information content (AvgIpc) is 2.82. The number of rotatable bonds is 5. The fourth-order valence-electron chi connectivity index (χ4n) is 2.32. The summed E-state index contributed by atoms with van der Waals surface area (Å²) in [7, 11) is 3.48. The molecule has 0 radical (unpaired) electrons. The van der Waals surface area contributed by atoms with Crippen LogP contribution in [-0.2, 0) is 9.59 Å². The average molecular weight is 255 g/mol. The first kappa shape index (κ1) is 15.0. The highest BCUT2D eigenvalue weighted by Crippen LogP contribution is 2.21. The summed E-state index contributed by atoms with van der Waals surface area (Å²) in [6.45, 7) is 6.18. The molecule has 2 amide bonds. The highest BCUT2D eigenvalue weighted by molar-refractivity contribution is 5.88. The standard InChI is InChI=1S/C13H25N3O2/c1-5-14-9-10(2)12(17)16-8-6-7-11(16)13(18)15(3)4/h10-11,14H,5-9H2,1-4H3. The van der Waals surface area contributed by atoms with Gasteiger partial charge in [0.15, 0.2) is 0 Å². The Morgan fingerprint density at radius 1 is 1.44 bits per heavy atom. The number of nitrogens with zero attached hydrogens (tertiary/aromatic N) is 2. The summed E-state index contributed by atoms with van der Waals surface area (Å²) < 4.78 is 0. The summed E-state index contributed by atoms with van der Waals surface area (Å²) in [6.07, 6.45) is 1.71. The van der Waals surface area contributed by atoms with Gasteiger partial charge in [-0.15, -0.1) is 0 Å². The lowest BCUT2D eigenvalue weighted by molar-refractivity contribution is -0.144. The number of amides is 2.